The minimum absolute atomic E-state index is 0.558. The molecule has 0 fully saturated rings. The van der Waals surface area contributed by atoms with E-state index in [0.29, 0.717) is 12.2 Å². The molecule has 20 heavy (non-hydrogen) atoms. The second-order valence-corrected chi connectivity index (χ2v) is 6.51. The third-order valence-electron chi connectivity index (χ3n) is 2.83. The van der Waals surface area contributed by atoms with E-state index >= 15 is 0 Å². The minimum atomic E-state index is -3.28. The molecule has 0 atom stereocenters. The lowest BCUT2D eigenvalue weighted by molar-refractivity contribution is 0.607. The number of benzene rings is 2. The van der Waals surface area contributed by atoms with Gasteiger partial charge < -0.3 is 5.32 Å². The molecule has 0 aliphatic heterocycles. The van der Waals surface area contributed by atoms with E-state index in [1.165, 1.54) is 5.56 Å². The van der Waals surface area contributed by atoms with Gasteiger partial charge in [0.2, 0.25) is 10.0 Å². The van der Waals surface area contributed by atoms with Crippen LogP contribution in [0.15, 0.2) is 48.5 Å². The highest BCUT2D eigenvalue weighted by molar-refractivity contribution is 7.92. The maximum Gasteiger partial charge on any atom is 0.229 e. The Morgan fingerprint density at radius 3 is 2.15 bits per heavy atom. The number of hydrogen-bond acceptors (Lipinski definition) is 3. The summed E-state index contributed by atoms with van der Waals surface area (Å²) in [6, 6.07) is 15.5. The molecule has 2 N–H and O–H groups in total. The van der Waals surface area contributed by atoms with Crippen LogP contribution in [0, 0.1) is 6.92 Å². The van der Waals surface area contributed by atoms with Crippen molar-refractivity contribution < 1.29 is 8.42 Å². The number of anilines is 2. The number of hydrogen-bond donors (Lipinski definition) is 2. The van der Waals surface area contributed by atoms with Crippen molar-refractivity contribution in [1.82, 2.24) is 0 Å². The third kappa shape index (κ3) is 4.28. The van der Waals surface area contributed by atoms with Crippen molar-refractivity contribution in [3.63, 3.8) is 0 Å². The van der Waals surface area contributed by atoms with Crippen molar-refractivity contribution >= 4 is 21.4 Å². The molecule has 0 bridgehead atoms. The molecule has 0 heterocycles. The molecule has 0 aliphatic rings. The van der Waals surface area contributed by atoms with Crippen LogP contribution in [0.5, 0.6) is 0 Å². The van der Waals surface area contributed by atoms with Crippen LogP contribution in [0.4, 0.5) is 11.4 Å². The summed E-state index contributed by atoms with van der Waals surface area (Å²) in [5.74, 6) is 0. The lowest BCUT2D eigenvalue weighted by Crippen LogP contribution is -2.11. The Morgan fingerprint density at radius 2 is 1.55 bits per heavy atom. The van der Waals surface area contributed by atoms with E-state index in [1.54, 1.807) is 12.1 Å². The average molecular weight is 290 g/mol. The van der Waals surface area contributed by atoms with Gasteiger partial charge in [-0.15, -0.1) is 0 Å². The Balaban J connectivity index is 2.11. The lowest BCUT2D eigenvalue weighted by atomic mass is 10.1. The largest absolute Gasteiger partial charge is 0.379 e. The van der Waals surface area contributed by atoms with E-state index in [-0.39, 0.29) is 0 Å². The summed E-state index contributed by atoms with van der Waals surface area (Å²) >= 11 is 0. The number of rotatable bonds is 5. The zero-order valence-corrected chi connectivity index (χ0v) is 12.4. The molecule has 0 aromatic heterocycles. The van der Waals surface area contributed by atoms with Gasteiger partial charge in [0.25, 0.3) is 0 Å². The molecule has 0 radical (unpaired) electrons. The van der Waals surface area contributed by atoms with Crippen molar-refractivity contribution in [3.8, 4) is 0 Å². The van der Waals surface area contributed by atoms with Crippen LogP contribution < -0.4 is 10.0 Å². The predicted molar refractivity (Wildman–Crippen MR) is 83.4 cm³/mol. The fourth-order valence-corrected chi connectivity index (χ4v) is 2.41. The fourth-order valence-electron chi connectivity index (χ4n) is 1.83. The lowest BCUT2D eigenvalue weighted by Gasteiger charge is -2.12. The molecule has 0 aliphatic carbocycles. The molecule has 2 rings (SSSR count). The molecule has 0 spiro atoms. The second-order valence-electron chi connectivity index (χ2n) is 4.76. The molecule has 0 saturated carbocycles. The SMILES string of the molecule is Cc1ccc(CNc2ccccc2NS(C)(=O)=O)cc1. The maximum absolute atomic E-state index is 11.3. The van der Waals surface area contributed by atoms with Gasteiger partial charge in [0, 0.05) is 6.54 Å². The highest BCUT2D eigenvalue weighted by Crippen LogP contribution is 2.22. The third-order valence-corrected chi connectivity index (χ3v) is 3.42. The van der Waals surface area contributed by atoms with Gasteiger partial charge in [-0.1, -0.05) is 42.0 Å². The Kier molecular flexibility index (Phi) is 4.29. The van der Waals surface area contributed by atoms with Crippen LogP contribution in [-0.2, 0) is 16.6 Å². The first-order chi connectivity index (χ1) is 9.44. The molecule has 2 aromatic rings. The summed E-state index contributed by atoms with van der Waals surface area (Å²) < 4.78 is 25.2. The van der Waals surface area contributed by atoms with E-state index in [1.807, 2.05) is 19.1 Å². The van der Waals surface area contributed by atoms with E-state index in [0.717, 1.165) is 17.5 Å². The second kappa shape index (κ2) is 5.96. The first kappa shape index (κ1) is 14.4. The van der Waals surface area contributed by atoms with E-state index in [4.69, 9.17) is 0 Å². The topological polar surface area (TPSA) is 58.2 Å². The van der Waals surface area contributed by atoms with Crippen molar-refractivity contribution in [2.75, 3.05) is 16.3 Å². The van der Waals surface area contributed by atoms with Gasteiger partial charge in [-0.3, -0.25) is 4.72 Å². The molecule has 106 valence electrons. The summed E-state index contributed by atoms with van der Waals surface area (Å²) in [7, 11) is -3.28. The quantitative estimate of drug-likeness (QED) is 0.890. The minimum Gasteiger partial charge on any atom is -0.379 e. The fraction of sp³-hybridized carbons (Fsp3) is 0.200. The molecule has 5 heteroatoms. The van der Waals surface area contributed by atoms with Gasteiger partial charge in [-0.05, 0) is 24.6 Å². The molecular formula is C15H18N2O2S. The number of aryl methyl sites for hydroxylation is 1. The van der Waals surface area contributed by atoms with E-state index in [2.05, 4.69) is 34.3 Å². The Hall–Kier alpha value is -2.01. The smallest absolute Gasteiger partial charge is 0.229 e. The van der Waals surface area contributed by atoms with Crippen LogP contribution in [0.1, 0.15) is 11.1 Å². The molecule has 0 saturated heterocycles. The van der Waals surface area contributed by atoms with Gasteiger partial charge in [0.05, 0.1) is 17.6 Å². The van der Waals surface area contributed by atoms with E-state index < -0.39 is 10.0 Å². The van der Waals surface area contributed by atoms with Crippen molar-refractivity contribution in [2.24, 2.45) is 0 Å². The standard InChI is InChI=1S/C15H18N2O2S/c1-12-7-9-13(10-8-12)11-16-14-5-3-4-6-15(14)17-20(2,18)19/h3-10,16-17H,11H2,1-2H3. The van der Waals surface area contributed by atoms with Gasteiger partial charge in [0.1, 0.15) is 0 Å². The van der Waals surface area contributed by atoms with Crippen LogP contribution in [0.2, 0.25) is 0 Å². The highest BCUT2D eigenvalue weighted by Gasteiger charge is 2.06. The van der Waals surface area contributed by atoms with Crippen molar-refractivity contribution in [1.29, 1.82) is 0 Å². The van der Waals surface area contributed by atoms with Crippen molar-refractivity contribution in [3.05, 3.63) is 59.7 Å². The van der Waals surface area contributed by atoms with Gasteiger partial charge in [0.15, 0.2) is 0 Å². The summed E-state index contributed by atoms with van der Waals surface area (Å²) in [5, 5.41) is 3.24. The number of para-hydroxylation sites is 2. The maximum atomic E-state index is 11.3. The monoisotopic (exact) mass is 290 g/mol. The molecule has 0 amide bonds. The number of sulfonamides is 1. The van der Waals surface area contributed by atoms with Crippen LogP contribution in [0.3, 0.4) is 0 Å². The first-order valence-corrected chi connectivity index (χ1v) is 8.19. The molecular weight excluding hydrogens is 272 g/mol. The average Bonchev–Trinajstić information content (AvgIpc) is 2.38. The molecule has 0 unspecified atom stereocenters. The summed E-state index contributed by atoms with van der Waals surface area (Å²) in [6.07, 6.45) is 1.14. The van der Waals surface area contributed by atoms with Crippen molar-refractivity contribution in [2.45, 2.75) is 13.5 Å². The highest BCUT2D eigenvalue weighted by atomic mass is 32.2. The zero-order chi connectivity index (χ0) is 14.6. The summed E-state index contributed by atoms with van der Waals surface area (Å²) in [6.45, 7) is 2.69. The van der Waals surface area contributed by atoms with Crippen LogP contribution in [-0.4, -0.2) is 14.7 Å². The van der Waals surface area contributed by atoms with Gasteiger partial charge in [-0.2, -0.15) is 0 Å². The number of nitrogens with one attached hydrogen (secondary N) is 2. The molecule has 4 nitrogen and oxygen atoms in total. The Morgan fingerprint density at radius 1 is 0.950 bits per heavy atom. The van der Waals surface area contributed by atoms with Gasteiger partial charge >= 0.3 is 0 Å². The summed E-state index contributed by atoms with van der Waals surface area (Å²) in [4.78, 5) is 0. The Labute approximate surface area is 119 Å². The zero-order valence-electron chi connectivity index (χ0n) is 11.6. The van der Waals surface area contributed by atoms with Crippen LogP contribution >= 0.6 is 0 Å². The predicted octanol–water partition coefficient (Wildman–Crippen LogP) is 2.98. The van der Waals surface area contributed by atoms with E-state index in [9.17, 15) is 8.42 Å². The first-order valence-electron chi connectivity index (χ1n) is 6.30. The molecule has 2 aromatic carbocycles. The van der Waals surface area contributed by atoms with Crippen LogP contribution in [0.25, 0.3) is 0 Å². The normalized spacial score (nSPS) is 11.1. The van der Waals surface area contributed by atoms with Gasteiger partial charge in [-0.25, -0.2) is 8.42 Å². The Bertz CT molecular complexity index is 679. The summed E-state index contributed by atoms with van der Waals surface area (Å²) in [5.41, 5.74) is 3.68.